The minimum atomic E-state index is -0.979. The van der Waals surface area contributed by atoms with Crippen molar-refractivity contribution in [1.82, 2.24) is 5.32 Å². The maximum atomic E-state index is 11.9. The summed E-state index contributed by atoms with van der Waals surface area (Å²) in [5.41, 5.74) is -0.123. The maximum Gasteiger partial charge on any atom is 0.332 e. The van der Waals surface area contributed by atoms with Gasteiger partial charge in [-0.15, -0.1) is 0 Å². The Morgan fingerprint density at radius 1 is 1.24 bits per heavy atom. The zero-order valence-electron chi connectivity index (χ0n) is 10.1. The molecular weight excluding hydrogens is 222 g/mol. The molecule has 17 heavy (non-hydrogen) atoms. The largest absolute Gasteiger partial charge is 0.479 e. The highest BCUT2D eigenvalue weighted by atomic mass is 16.5. The van der Waals surface area contributed by atoms with Gasteiger partial charge in [0.25, 0.3) is 0 Å². The van der Waals surface area contributed by atoms with Gasteiger partial charge in [0.05, 0.1) is 0 Å². The number of ether oxygens (including phenoxy) is 1. The zero-order valence-corrected chi connectivity index (χ0v) is 10.1. The van der Waals surface area contributed by atoms with Crippen LogP contribution in [0, 0.1) is 0 Å². The summed E-state index contributed by atoms with van der Waals surface area (Å²) >= 11 is 0. The first kappa shape index (κ1) is 12.4. The van der Waals surface area contributed by atoms with E-state index in [0.29, 0.717) is 12.8 Å². The fraction of sp³-hybridized carbons (Fsp3) is 0.833. The minimum Gasteiger partial charge on any atom is -0.479 e. The Hall–Kier alpha value is -1.10. The summed E-state index contributed by atoms with van der Waals surface area (Å²) in [7, 11) is 0. The molecule has 5 heteroatoms. The van der Waals surface area contributed by atoms with Crippen LogP contribution in [0.25, 0.3) is 0 Å². The Morgan fingerprint density at radius 2 is 1.82 bits per heavy atom. The lowest BCUT2D eigenvalue weighted by Crippen LogP contribution is -2.48. The van der Waals surface area contributed by atoms with Gasteiger partial charge in [0, 0.05) is 5.54 Å². The van der Waals surface area contributed by atoms with Crippen molar-refractivity contribution in [2.75, 3.05) is 0 Å². The Balaban J connectivity index is 1.87. The van der Waals surface area contributed by atoms with Crippen molar-refractivity contribution in [3.8, 4) is 0 Å². The summed E-state index contributed by atoms with van der Waals surface area (Å²) in [6, 6.07) is 0. The molecule has 0 bridgehead atoms. The van der Waals surface area contributed by atoms with Crippen LogP contribution in [0.2, 0.25) is 0 Å². The van der Waals surface area contributed by atoms with Crippen LogP contribution >= 0.6 is 0 Å². The van der Waals surface area contributed by atoms with E-state index in [1.165, 1.54) is 0 Å². The van der Waals surface area contributed by atoms with Gasteiger partial charge in [0.2, 0.25) is 5.91 Å². The van der Waals surface area contributed by atoms with E-state index in [4.69, 9.17) is 9.84 Å². The number of amides is 1. The predicted octanol–water partition coefficient (Wildman–Crippen LogP) is 1.07. The molecule has 1 aliphatic heterocycles. The van der Waals surface area contributed by atoms with Gasteiger partial charge in [-0.05, 0) is 32.6 Å². The summed E-state index contributed by atoms with van der Waals surface area (Å²) in [6.45, 7) is 2.04. The lowest BCUT2D eigenvalue weighted by molar-refractivity contribution is -0.152. The predicted molar refractivity (Wildman–Crippen MR) is 60.5 cm³/mol. The molecule has 2 N–H and O–H groups in total. The second-order valence-electron chi connectivity index (χ2n) is 5.29. The molecule has 2 atom stereocenters. The third-order valence-corrected chi connectivity index (χ3v) is 3.72. The van der Waals surface area contributed by atoms with E-state index in [9.17, 15) is 9.59 Å². The molecule has 96 valence electrons. The molecule has 1 saturated heterocycles. The number of hydrogen-bond acceptors (Lipinski definition) is 3. The summed E-state index contributed by atoms with van der Waals surface area (Å²) in [4.78, 5) is 22.7. The van der Waals surface area contributed by atoms with Crippen LogP contribution in [-0.2, 0) is 14.3 Å². The van der Waals surface area contributed by atoms with Gasteiger partial charge in [0.15, 0.2) is 6.10 Å². The standard InChI is InChI=1S/C12H19NO4/c1-12(6-2-3-7-12)13-10(14)8-4-5-9(17-8)11(15)16/h8-9H,2-7H2,1H3,(H,13,14)(H,15,16). The van der Waals surface area contributed by atoms with Crippen LogP contribution in [0.3, 0.4) is 0 Å². The molecule has 0 spiro atoms. The second kappa shape index (κ2) is 4.64. The van der Waals surface area contributed by atoms with E-state index < -0.39 is 18.2 Å². The average molecular weight is 241 g/mol. The molecule has 1 saturated carbocycles. The number of aliphatic carboxylic acids is 1. The summed E-state index contributed by atoms with van der Waals surface area (Å²) in [5, 5.41) is 11.8. The van der Waals surface area contributed by atoms with Crippen LogP contribution in [0.1, 0.15) is 45.4 Å². The van der Waals surface area contributed by atoms with Gasteiger partial charge >= 0.3 is 5.97 Å². The lowest BCUT2D eigenvalue weighted by atomic mass is 10.00. The van der Waals surface area contributed by atoms with Crippen LogP contribution in [0.15, 0.2) is 0 Å². The monoisotopic (exact) mass is 241 g/mol. The van der Waals surface area contributed by atoms with E-state index in [0.717, 1.165) is 25.7 Å². The smallest absolute Gasteiger partial charge is 0.332 e. The van der Waals surface area contributed by atoms with Gasteiger partial charge in [-0.25, -0.2) is 4.79 Å². The second-order valence-corrected chi connectivity index (χ2v) is 5.29. The van der Waals surface area contributed by atoms with Crippen LogP contribution in [-0.4, -0.2) is 34.7 Å². The van der Waals surface area contributed by atoms with E-state index in [2.05, 4.69) is 5.32 Å². The van der Waals surface area contributed by atoms with Crippen molar-refractivity contribution < 1.29 is 19.4 Å². The Morgan fingerprint density at radius 3 is 2.35 bits per heavy atom. The molecular formula is C12H19NO4. The molecule has 1 heterocycles. The number of carboxylic acid groups (broad SMARTS) is 1. The summed E-state index contributed by atoms with van der Waals surface area (Å²) in [5.74, 6) is -1.13. The number of carbonyl (C=O) groups excluding carboxylic acids is 1. The van der Waals surface area contributed by atoms with Gasteiger partial charge in [0.1, 0.15) is 6.10 Å². The van der Waals surface area contributed by atoms with Crippen molar-refractivity contribution in [3.05, 3.63) is 0 Å². The number of rotatable bonds is 3. The molecule has 5 nitrogen and oxygen atoms in total. The SMILES string of the molecule is CC1(NC(=O)C2CCC(C(=O)O)O2)CCCC1. The molecule has 2 rings (SSSR count). The molecule has 0 radical (unpaired) electrons. The first-order chi connectivity index (χ1) is 8.00. The van der Waals surface area contributed by atoms with Crippen molar-refractivity contribution in [1.29, 1.82) is 0 Å². The highest BCUT2D eigenvalue weighted by Crippen LogP contribution is 2.30. The molecule has 2 unspecified atom stereocenters. The fourth-order valence-electron chi connectivity index (χ4n) is 2.67. The van der Waals surface area contributed by atoms with Crippen LogP contribution in [0.5, 0.6) is 0 Å². The molecule has 0 aromatic rings. The van der Waals surface area contributed by atoms with Crippen molar-refractivity contribution in [2.45, 2.75) is 63.2 Å². The Kier molecular flexibility index (Phi) is 3.38. The molecule has 2 aliphatic rings. The van der Waals surface area contributed by atoms with Crippen LogP contribution in [0.4, 0.5) is 0 Å². The molecule has 1 amide bonds. The van der Waals surface area contributed by atoms with Crippen molar-refractivity contribution >= 4 is 11.9 Å². The topological polar surface area (TPSA) is 75.6 Å². The van der Waals surface area contributed by atoms with Gasteiger partial charge in [-0.2, -0.15) is 0 Å². The minimum absolute atomic E-state index is 0.123. The van der Waals surface area contributed by atoms with Gasteiger partial charge < -0.3 is 15.2 Å². The molecule has 2 fully saturated rings. The number of carbonyl (C=O) groups is 2. The van der Waals surface area contributed by atoms with Crippen molar-refractivity contribution in [3.63, 3.8) is 0 Å². The quantitative estimate of drug-likeness (QED) is 0.775. The number of hydrogen-bond donors (Lipinski definition) is 2. The third-order valence-electron chi connectivity index (χ3n) is 3.72. The van der Waals surface area contributed by atoms with E-state index in [-0.39, 0.29) is 11.4 Å². The first-order valence-corrected chi connectivity index (χ1v) is 6.20. The Labute approximate surface area is 101 Å². The normalized spacial score (nSPS) is 31.4. The van der Waals surface area contributed by atoms with E-state index >= 15 is 0 Å². The Bertz CT molecular complexity index is 322. The van der Waals surface area contributed by atoms with Gasteiger partial charge in [-0.3, -0.25) is 4.79 Å². The summed E-state index contributed by atoms with van der Waals surface area (Å²) in [6.07, 6.45) is 3.78. The maximum absolute atomic E-state index is 11.9. The first-order valence-electron chi connectivity index (χ1n) is 6.20. The highest BCUT2D eigenvalue weighted by molar-refractivity contribution is 5.83. The lowest BCUT2D eigenvalue weighted by Gasteiger charge is -2.26. The van der Waals surface area contributed by atoms with E-state index in [1.54, 1.807) is 0 Å². The number of nitrogens with one attached hydrogen (secondary N) is 1. The zero-order chi connectivity index (χ0) is 12.5. The fourth-order valence-corrected chi connectivity index (χ4v) is 2.67. The molecule has 0 aromatic carbocycles. The third kappa shape index (κ3) is 2.77. The summed E-state index contributed by atoms with van der Waals surface area (Å²) < 4.78 is 5.23. The van der Waals surface area contributed by atoms with Gasteiger partial charge in [-0.1, -0.05) is 12.8 Å². The molecule has 1 aliphatic carbocycles. The number of carboxylic acids is 1. The highest BCUT2D eigenvalue weighted by Gasteiger charge is 2.38. The van der Waals surface area contributed by atoms with Crippen molar-refractivity contribution in [2.24, 2.45) is 0 Å². The van der Waals surface area contributed by atoms with Crippen LogP contribution < -0.4 is 5.32 Å². The molecule has 0 aromatic heterocycles. The van der Waals surface area contributed by atoms with E-state index in [1.807, 2.05) is 6.92 Å². The average Bonchev–Trinajstić information content (AvgIpc) is 2.86.